The third-order valence-corrected chi connectivity index (χ3v) is 10.1. The highest BCUT2D eigenvalue weighted by atomic mass is 16.7. The quantitative estimate of drug-likeness (QED) is 0.0384. The molecule has 1 spiro atoms. The van der Waals surface area contributed by atoms with Crippen molar-refractivity contribution in [3.8, 4) is 0 Å². The molecule has 7 heteroatoms. The molecule has 1 aliphatic carbocycles. The van der Waals surface area contributed by atoms with E-state index in [-0.39, 0.29) is 54.8 Å². The summed E-state index contributed by atoms with van der Waals surface area (Å²) in [7, 11) is 0. The Morgan fingerprint density at radius 3 is 2.06 bits per heavy atom. The van der Waals surface area contributed by atoms with Crippen molar-refractivity contribution in [3.63, 3.8) is 0 Å². The molecule has 3 aliphatic rings. The number of carbonyl (C=O) groups excluding carboxylic acids is 2. The predicted molar refractivity (Wildman–Crippen MR) is 188 cm³/mol. The Kier molecular flexibility index (Phi) is 17.2. The van der Waals surface area contributed by atoms with Gasteiger partial charge in [-0.05, 0) is 51.0 Å². The first kappa shape index (κ1) is 39.5. The van der Waals surface area contributed by atoms with E-state index >= 15 is 0 Å². The molecule has 47 heavy (non-hydrogen) atoms. The number of unbranched alkanes of at least 4 members (excludes halogenated alkanes) is 14. The van der Waals surface area contributed by atoms with Crippen LogP contribution < -0.4 is 0 Å². The van der Waals surface area contributed by atoms with Gasteiger partial charge in [0.05, 0.1) is 24.9 Å². The Hall–Kier alpha value is -1.96. The van der Waals surface area contributed by atoms with Gasteiger partial charge in [-0.2, -0.15) is 0 Å². The third-order valence-electron chi connectivity index (χ3n) is 10.1. The molecule has 268 valence electrons. The number of allylic oxidation sites excluding steroid dienone is 2. The number of hydrogen-bond acceptors (Lipinski definition) is 7. The topological polar surface area (TPSA) is 97.9 Å². The van der Waals surface area contributed by atoms with Crippen molar-refractivity contribution in [2.24, 2.45) is 11.8 Å². The van der Waals surface area contributed by atoms with Crippen LogP contribution in [0.4, 0.5) is 0 Å². The van der Waals surface area contributed by atoms with Gasteiger partial charge in [-0.3, -0.25) is 9.59 Å². The van der Waals surface area contributed by atoms with Gasteiger partial charge in [0.2, 0.25) is 0 Å². The minimum absolute atomic E-state index is 0.0644. The molecule has 7 nitrogen and oxygen atoms in total. The fourth-order valence-corrected chi connectivity index (χ4v) is 7.05. The average Bonchev–Trinajstić information content (AvgIpc) is 3.94. The van der Waals surface area contributed by atoms with Crippen LogP contribution in [0.2, 0.25) is 0 Å². The van der Waals surface area contributed by atoms with Gasteiger partial charge >= 0.3 is 11.9 Å². The fourth-order valence-electron chi connectivity index (χ4n) is 7.05. The summed E-state index contributed by atoms with van der Waals surface area (Å²) in [6.45, 7) is 12.6. The van der Waals surface area contributed by atoms with Crippen LogP contribution in [-0.4, -0.2) is 60.3 Å². The first-order valence-corrected chi connectivity index (χ1v) is 18.9. The summed E-state index contributed by atoms with van der Waals surface area (Å²) in [6.07, 6.45) is 27.6. The zero-order valence-corrected chi connectivity index (χ0v) is 30.2. The van der Waals surface area contributed by atoms with Crippen LogP contribution in [0.15, 0.2) is 36.0 Å². The Labute approximate surface area is 285 Å². The molecule has 0 aromatic heterocycles. The molecule has 0 amide bonds. The van der Waals surface area contributed by atoms with Crippen molar-refractivity contribution in [3.05, 3.63) is 36.0 Å². The molecular formula is C40H66O7. The largest absolute Gasteiger partial charge is 0.465 e. The Morgan fingerprint density at radius 1 is 0.957 bits per heavy atom. The summed E-state index contributed by atoms with van der Waals surface area (Å²) in [5.74, 6) is -0.729. The summed E-state index contributed by atoms with van der Waals surface area (Å²) < 4.78 is 23.3. The number of aliphatic hydroxyl groups is 1. The average molecular weight is 659 g/mol. The molecule has 0 aromatic rings. The number of esters is 2. The first-order valence-electron chi connectivity index (χ1n) is 18.9. The van der Waals surface area contributed by atoms with Crippen LogP contribution in [0.25, 0.3) is 0 Å². The van der Waals surface area contributed by atoms with Crippen molar-refractivity contribution < 1.29 is 33.6 Å². The van der Waals surface area contributed by atoms with E-state index in [0.29, 0.717) is 19.4 Å². The summed E-state index contributed by atoms with van der Waals surface area (Å²) in [4.78, 5) is 24.7. The number of hydrogen-bond donors (Lipinski definition) is 1. The second kappa shape index (κ2) is 20.5. The van der Waals surface area contributed by atoms with Gasteiger partial charge in [-0.25, -0.2) is 0 Å². The molecule has 1 saturated carbocycles. The molecule has 0 unspecified atom stereocenters. The molecule has 2 saturated heterocycles. The van der Waals surface area contributed by atoms with E-state index in [2.05, 4.69) is 13.5 Å². The maximum atomic E-state index is 12.9. The van der Waals surface area contributed by atoms with Crippen molar-refractivity contribution in [1.82, 2.24) is 0 Å². The van der Waals surface area contributed by atoms with Gasteiger partial charge < -0.3 is 24.1 Å². The second-order valence-corrected chi connectivity index (χ2v) is 15.0. The second-order valence-electron chi connectivity index (χ2n) is 15.0. The molecule has 0 bridgehead atoms. The van der Waals surface area contributed by atoms with E-state index in [9.17, 15) is 14.7 Å². The molecule has 0 radical (unpaired) electrons. The zero-order chi connectivity index (χ0) is 34.1. The summed E-state index contributed by atoms with van der Waals surface area (Å²) in [5, 5.41) is 10.3. The van der Waals surface area contributed by atoms with E-state index in [4.69, 9.17) is 18.9 Å². The van der Waals surface area contributed by atoms with Crippen LogP contribution in [0, 0.1) is 11.8 Å². The molecule has 3 fully saturated rings. The monoisotopic (exact) mass is 658 g/mol. The number of fused-ring (bicyclic) bond motifs is 2. The SMILES string of the molecule is C=C1C[C@H]2O[C@H]2[C@]2(CC[C@H](/C(=C\C=C\C(C)(C)O)COC(=O)CCCCCCCCCCCCCCCCC)[C@H]1COC(C)=O)CO2. The molecule has 0 aromatic carbocycles. The van der Waals surface area contributed by atoms with Crippen LogP contribution in [0.1, 0.15) is 150 Å². The molecule has 2 aliphatic heterocycles. The van der Waals surface area contributed by atoms with Gasteiger partial charge in [-0.1, -0.05) is 127 Å². The van der Waals surface area contributed by atoms with Gasteiger partial charge in [0.15, 0.2) is 0 Å². The highest BCUT2D eigenvalue weighted by Gasteiger charge is 2.63. The molecule has 3 rings (SSSR count). The number of rotatable bonds is 23. The van der Waals surface area contributed by atoms with E-state index in [1.54, 1.807) is 19.9 Å². The summed E-state index contributed by atoms with van der Waals surface area (Å²) in [5.41, 5.74) is 0.678. The van der Waals surface area contributed by atoms with Crippen molar-refractivity contribution >= 4 is 11.9 Å². The number of carbonyl (C=O) groups is 2. The molecule has 1 N–H and O–H groups in total. The van der Waals surface area contributed by atoms with Crippen LogP contribution in [0.5, 0.6) is 0 Å². The minimum atomic E-state index is -0.977. The Morgan fingerprint density at radius 2 is 1.53 bits per heavy atom. The van der Waals surface area contributed by atoms with E-state index in [0.717, 1.165) is 43.3 Å². The lowest BCUT2D eigenvalue weighted by Gasteiger charge is -2.31. The normalized spacial score (nSPS) is 26.1. The lowest BCUT2D eigenvalue weighted by molar-refractivity contribution is -0.143. The van der Waals surface area contributed by atoms with Gasteiger partial charge in [0, 0.05) is 19.3 Å². The standard InChI is InChI=1S/C40H66O7/c1-6-7-8-9-10-11-12-13-14-15-16-17-18-19-20-23-37(42)45-28-33(22-21-25-39(4,5)43)34-24-26-40(30-46-40)38-36(47-38)27-31(2)35(34)29-44-32(3)41/h21-22,25,34-36,38,43H,2,6-20,23-24,26-30H2,1,3-5H3/b25-21+,33-22-/t34-,35+,36-,38-,40+/m1/s1. The van der Waals surface area contributed by atoms with Crippen LogP contribution in [0.3, 0.4) is 0 Å². The highest BCUT2D eigenvalue weighted by Crippen LogP contribution is 2.52. The van der Waals surface area contributed by atoms with Crippen molar-refractivity contribution in [1.29, 1.82) is 0 Å². The molecule has 2 heterocycles. The Bertz CT molecular complexity index is 1020. The smallest absolute Gasteiger partial charge is 0.306 e. The van der Waals surface area contributed by atoms with Gasteiger partial charge in [0.25, 0.3) is 0 Å². The predicted octanol–water partition coefficient (Wildman–Crippen LogP) is 9.12. The van der Waals surface area contributed by atoms with Crippen LogP contribution >= 0.6 is 0 Å². The Balaban J connectivity index is 1.45. The maximum Gasteiger partial charge on any atom is 0.306 e. The number of ether oxygens (including phenoxy) is 4. The summed E-state index contributed by atoms with van der Waals surface area (Å²) >= 11 is 0. The van der Waals surface area contributed by atoms with Crippen LogP contribution in [-0.2, 0) is 28.5 Å². The van der Waals surface area contributed by atoms with E-state index in [1.165, 1.54) is 84.0 Å². The molecule has 5 atom stereocenters. The van der Waals surface area contributed by atoms with E-state index in [1.807, 2.05) is 12.2 Å². The molecular weight excluding hydrogens is 592 g/mol. The first-order chi connectivity index (χ1) is 22.5. The van der Waals surface area contributed by atoms with Crippen molar-refractivity contribution in [2.45, 2.75) is 173 Å². The van der Waals surface area contributed by atoms with Gasteiger partial charge in [0.1, 0.15) is 18.3 Å². The van der Waals surface area contributed by atoms with E-state index < -0.39 is 5.60 Å². The van der Waals surface area contributed by atoms with Gasteiger partial charge in [-0.15, -0.1) is 0 Å². The zero-order valence-electron chi connectivity index (χ0n) is 30.2. The summed E-state index contributed by atoms with van der Waals surface area (Å²) in [6, 6.07) is 0. The van der Waals surface area contributed by atoms with Crippen molar-refractivity contribution in [2.75, 3.05) is 19.8 Å². The number of epoxide rings is 2. The fraction of sp³-hybridized carbons (Fsp3) is 0.800. The lowest BCUT2D eigenvalue weighted by Crippen LogP contribution is -2.28. The minimum Gasteiger partial charge on any atom is -0.465 e. The maximum absolute atomic E-state index is 12.9. The lowest BCUT2D eigenvalue weighted by atomic mass is 9.77. The third kappa shape index (κ3) is 15.4. The highest BCUT2D eigenvalue weighted by molar-refractivity contribution is 5.69.